The van der Waals surface area contributed by atoms with E-state index in [2.05, 4.69) is 4.72 Å². The van der Waals surface area contributed by atoms with E-state index in [0.717, 1.165) is 16.1 Å². The second-order valence-electron chi connectivity index (χ2n) is 4.24. The molecule has 20 heavy (non-hydrogen) atoms. The topological polar surface area (TPSA) is 47.2 Å². The molecule has 6 heteroatoms. The van der Waals surface area contributed by atoms with Gasteiger partial charge < -0.3 is 9.14 Å². The number of aryl methyl sites for hydroxylation is 1. The van der Waals surface area contributed by atoms with Gasteiger partial charge in [-0.25, -0.2) is 4.79 Å². The maximum atomic E-state index is 11.4. The van der Waals surface area contributed by atoms with Crippen molar-refractivity contribution in [1.29, 1.82) is 0 Å². The predicted octanol–water partition coefficient (Wildman–Crippen LogP) is 3.90. The molecule has 0 bridgehead atoms. The van der Waals surface area contributed by atoms with Gasteiger partial charge in [-0.3, -0.25) is 4.57 Å². The van der Waals surface area contributed by atoms with Crippen LogP contribution in [0.4, 0.5) is 5.69 Å². The lowest BCUT2D eigenvalue weighted by molar-refractivity contribution is 0.527. The molecule has 4 nitrogen and oxygen atoms in total. The Morgan fingerprint density at radius 2 is 2.05 bits per heavy atom. The maximum Gasteiger partial charge on any atom is 0.419 e. The molecule has 0 amide bonds. The summed E-state index contributed by atoms with van der Waals surface area (Å²) in [7, 11) is 1.68. The first-order valence-electron chi connectivity index (χ1n) is 5.92. The van der Waals surface area contributed by atoms with Crippen molar-refractivity contribution in [3.63, 3.8) is 0 Å². The Morgan fingerprint density at radius 3 is 2.85 bits per heavy atom. The molecule has 1 N–H and O–H groups in total. The summed E-state index contributed by atoms with van der Waals surface area (Å²) in [5, 5.41) is 0.660. The molecule has 0 unspecified atom stereocenters. The highest BCUT2D eigenvalue weighted by Crippen LogP contribution is 2.28. The van der Waals surface area contributed by atoms with Gasteiger partial charge in [0.15, 0.2) is 5.58 Å². The van der Waals surface area contributed by atoms with Crippen LogP contribution in [0.15, 0.2) is 56.6 Å². The van der Waals surface area contributed by atoms with Crippen molar-refractivity contribution in [3.8, 4) is 0 Å². The molecule has 1 heterocycles. The van der Waals surface area contributed by atoms with E-state index < -0.39 is 0 Å². The van der Waals surface area contributed by atoms with Crippen LogP contribution in [0.3, 0.4) is 0 Å². The number of oxazole rings is 1. The van der Waals surface area contributed by atoms with Crippen LogP contribution in [-0.4, -0.2) is 4.57 Å². The van der Waals surface area contributed by atoms with Gasteiger partial charge in [0.05, 0.1) is 16.2 Å². The van der Waals surface area contributed by atoms with E-state index in [4.69, 9.17) is 16.0 Å². The van der Waals surface area contributed by atoms with E-state index in [9.17, 15) is 4.79 Å². The lowest BCUT2D eigenvalue weighted by Crippen LogP contribution is -2.08. The minimum absolute atomic E-state index is 0.360. The minimum Gasteiger partial charge on any atom is -0.408 e. The number of aromatic nitrogens is 1. The highest BCUT2D eigenvalue weighted by molar-refractivity contribution is 8.00. The standard InChI is InChI=1S/C14H11ClN2O2S/c1-17-12-7-6-9(8-13(12)19-14(17)18)20-16-11-5-3-2-4-10(11)15/h2-8,16H,1H3. The van der Waals surface area contributed by atoms with Crippen LogP contribution < -0.4 is 10.5 Å². The van der Waals surface area contributed by atoms with Crippen molar-refractivity contribution in [1.82, 2.24) is 4.57 Å². The molecule has 0 saturated carbocycles. The fraction of sp³-hybridized carbons (Fsp3) is 0.0714. The van der Waals surface area contributed by atoms with Crippen LogP contribution in [0.1, 0.15) is 0 Å². The summed E-state index contributed by atoms with van der Waals surface area (Å²) in [6, 6.07) is 13.1. The average molecular weight is 307 g/mol. The molecule has 1 aromatic heterocycles. The van der Waals surface area contributed by atoms with Crippen molar-refractivity contribution >= 4 is 40.3 Å². The number of nitrogens with zero attached hydrogens (tertiary/aromatic N) is 1. The van der Waals surface area contributed by atoms with Crippen molar-refractivity contribution in [2.75, 3.05) is 4.72 Å². The van der Waals surface area contributed by atoms with E-state index in [0.29, 0.717) is 10.6 Å². The van der Waals surface area contributed by atoms with Crippen molar-refractivity contribution in [3.05, 3.63) is 58.0 Å². The molecule has 0 aliphatic heterocycles. The Labute approximate surface area is 124 Å². The Morgan fingerprint density at radius 1 is 1.25 bits per heavy atom. The zero-order chi connectivity index (χ0) is 14.1. The molecule has 0 aliphatic rings. The molecule has 0 radical (unpaired) electrons. The van der Waals surface area contributed by atoms with Crippen LogP contribution in [0.2, 0.25) is 5.02 Å². The average Bonchev–Trinajstić information content (AvgIpc) is 2.73. The fourth-order valence-electron chi connectivity index (χ4n) is 1.84. The minimum atomic E-state index is -0.360. The predicted molar refractivity (Wildman–Crippen MR) is 82.4 cm³/mol. The summed E-state index contributed by atoms with van der Waals surface area (Å²) < 4.78 is 9.81. The van der Waals surface area contributed by atoms with E-state index >= 15 is 0 Å². The van der Waals surface area contributed by atoms with Crippen molar-refractivity contribution in [2.45, 2.75) is 4.90 Å². The molecule has 0 aliphatic carbocycles. The van der Waals surface area contributed by atoms with Gasteiger partial charge in [0.1, 0.15) is 0 Å². The lowest BCUT2D eigenvalue weighted by Gasteiger charge is -2.06. The number of nitrogens with one attached hydrogen (secondary N) is 1. The number of anilines is 1. The molecule has 3 aromatic rings. The molecule has 2 aromatic carbocycles. The molecular weight excluding hydrogens is 296 g/mol. The van der Waals surface area contributed by atoms with Gasteiger partial charge in [-0.2, -0.15) is 0 Å². The van der Waals surface area contributed by atoms with Crippen LogP contribution in [-0.2, 0) is 7.05 Å². The normalized spacial score (nSPS) is 10.9. The molecular formula is C14H11ClN2O2S. The Bertz CT molecular complexity index is 825. The summed E-state index contributed by atoms with van der Waals surface area (Å²) >= 11 is 7.48. The Hall–Kier alpha value is -1.85. The molecule has 3 rings (SSSR count). The quantitative estimate of drug-likeness (QED) is 0.745. The molecule has 0 saturated heterocycles. The van der Waals surface area contributed by atoms with E-state index in [-0.39, 0.29) is 5.76 Å². The van der Waals surface area contributed by atoms with Gasteiger partial charge in [-0.05, 0) is 42.3 Å². The van der Waals surface area contributed by atoms with Crippen molar-refractivity contribution in [2.24, 2.45) is 7.05 Å². The third kappa shape index (κ3) is 2.42. The maximum absolute atomic E-state index is 11.4. The van der Waals surface area contributed by atoms with Gasteiger partial charge in [-0.1, -0.05) is 23.7 Å². The van der Waals surface area contributed by atoms with Gasteiger partial charge >= 0.3 is 5.76 Å². The Balaban J connectivity index is 1.85. The third-order valence-corrected chi connectivity index (χ3v) is 4.06. The number of benzene rings is 2. The number of hydrogen-bond acceptors (Lipinski definition) is 4. The van der Waals surface area contributed by atoms with Crippen LogP contribution in [0.5, 0.6) is 0 Å². The van der Waals surface area contributed by atoms with Gasteiger partial charge in [0, 0.05) is 11.9 Å². The van der Waals surface area contributed by atoms with Crippen molar-refractivity contribution < 1.29 is 4.42 Å². The first-order chi connectivity index (χ1) is 9.65. The van der Waals surface area contributed by atoms with Crippen LogP contribution >= 0.6 is 23.5 Å². The number of hydrogen-bond donors (Lipinski definition) is 1. The SMILES string of the molecule is Cn1c(=O)oc2cc(SNc3ccccc3Cl)ccc21. The van der Waals surface area contributed by atoms with Gasteiger partial charge in [-0.15, -0.1) is 0 Å². The summed E-state index contributed by atoms with van der Waals surface area (Å²) in [6.07, 6.45) is 0. The second kappa shape index (κ2) is 5.26. The smallest absolute Gasteiger partial charge is 0.408 e. The first kappa shape index (κ1) is 13.1. The molecule has 102 valence electrons. The highest BCUT2D eigenvalue weighted by Gasteiger charge is 2.07. The van der Waals surface area contributed by atoms with Crippen LogP contribution in [0.25, 0.3) is 11.1 Å². The van der Waals surface area contributed by atoms with Gasteiger partial charge in [0.25, 0.3) is 0 Å². The lowest BCUT2D eigenvalue weighted by atomic mass is 10.3. The monoisotopic (exact) mass is 306 g/mol. The largest absolute Gasteiger partial charge is 0.419 e. The first-order valence-corrected chi connectivity index (χ1v) is 7.11. The summed E-state index contributed by atoms with van der Waals surface area (Å²) in [6.45, 7) is 0. The van der Waals surface area contributed by atoms with E-state index in [1.807, 2.05) is 42.5 Å². The zero-order valence-corrected chi connectivity index (χ0v) is 12.2. The molecule has 0 spiro atoms. The molecule has 0 atom stereocenters. The van der Waals surface area contributed by atoms with Crippen LogP contribution in [0, 0.1) is 0 Å². The summed E-state index contributed by atoms with van der Waals surface area (Å²) in [5.41, 5.74) is 2.19. The van der Waals surface area contributed by atoms with E-state index in [1.165, 1.54) is 16.5 Å². The Kier molecular flexibility index (Phi) is 3.46. The molecule has 0 fully saturated rings. The number of halogens is 1. The fourth-order valence-corrected chi connectivity index (χ4v) is 2.78. The number of rotatable bonds is 3. The number of fused-ring (bicyclic) bond motifs is 1. The summed E-state index contributed by atoms with van der Waals surface area (Å²) in [5.74, 6) is -0.360. The summed E-state index contributed by atoms with van der Waals surface area (Å²) in [4.78, 5) is 12.4. The second-order valence-corrected chi connectivity index (χ2v) is 5.53. The zero-order valence-electron chi connectivity index (χ0n) is 10.6. The highest BCUT2D eigenvalue weighted by atomic mass is 35.5. The third-order valence-electron chi connectivity index (χ3n) is 2.92. The van der Waals surface area contributed by atoms with Gasteiger partial charge in [0.2, 0.25) is 0 Å². The number of para-hydroxylation sites is 1. The van der Waals surface area contributed by atoms with E-state index in [1.54, 1.807) is 7.05 Å².